The van der Waals surface area contributed by atoms with E-state index < -0.39 is 24.5 Å². The van der Waals surface area contributed by atoms with E-state index in [-0.39, 0.29) is 17.7 Å². The molecule has 2 aromatic carbocycles. The number of rotatable bonds is 10. The van der Waals surface area contributed by atoms with E-state index in [2.05, 4.69) is 49.0 Å². The minimum absolute atomic E-state index is 0.253. The van der Waals surface area contributed by atoms with Crippen LogP contribution < -0.4 is 20.3 Å². The molecule has 1 aliphatic rings. The molecule has 5 rings (SSSR count). The van der Waals surface area contributed by atoms with E-state index in [1.165, 1.54) is 12.1 Å². The van der Waals surface area contributed by atoms with Crippen molar-refractivity contribution in [1.29, 1.82) is 0 Å². The fourth-order valence-electron chi connectivity index (χ4n) is 4.26. The minimum Gasteiger partial charge on any atom is -0.481 e. The number of carbonyl (C=O) groups excluding carboxylic acids is 1. The molecule has 0 saturated carbocycles. The van der Waals surface area contributed by atoms with Crippen LogP contribution >= 0.6 is 0 Å². The van der Waals surface area contributed by atoms with Gasteiger partial charge in [0, 0.05) is 49.8 Å². The zero-order chi connectivity index (χ0) is 32.5. The van der Waals surface area contributed by atoms with Gasteiger partial charge in [-0.2, -0.15) is 9.97 Å². The first-order valence-electron chi connectivity index (χ1n) is 13.7. The van der Waals surface area contributed by atoms with Crippen LogP contribution in [-0.4, -0.2) is 92.3 Å². The van der Waals surface area contributed by atoms with Gasteiger partial charge in [0.05, 0.1) is 17.5 Å². The quantitative estimate of drug-likeness (QED) is 0.142. The Morgan fingerprint density at radius 3 is 2.49 bits per heavy atom. The molecule has 14 nitrogen and oxygen atoms in total. The maximum Gasteiger partial charge on any atom is 0.333 e. The van der Waals surface area contributed by atoms with Crippen molar-refractivity contribution < 1.29 is 38.8 Å². The summed E-state index contributed by atoms with van der Waals surface area (Å²) in [7, 11) is 2.07. The lowest BCUT2D eigenvalue weighted by Gasteiger charge is -2.34. The number of carbonyl (C=O) groups is 3. The molecule has 1 fully saturated rings. The summed E-state index contributed by atoms with van der Waals surface area (Å²) in [6.07, 6.45) is 0.388. The number of halogens is 1. The summed E-state index contributed by atoms with van der Waals surface area (Å²) >= 11 is 0. The molecule has 236 valence electrons. The number of aromatic nitrogens is 3. The SMILES string of the molecule is C=CC(=O)Nc1cccc(Oc2nc(Nc3ccc(N4CCN(C)CC4)c(F)c3)nc3[nH]ccc23)c1.O=C(O)CC(O)C(=O)O. The highest BCUT2D eigenvalue weighted by atomic mass is 19.1. The van der Waals surface area contributed by atoms with Gasteiger partial charge in [0.25, 0.3) is 0 Å². The molecule has 0 bridgehead atoms. The Balaban J connectivity index is 0.000000448. The van der Waals surface area contributed by atoms with Gasteiger partial charge in [-0.25, -0.2) is 9.18 Å². The third kappa shape index (κ3) is 8.98. The van der Waals surface area contributed by atoms with Crippen molar-refractivity contribution in [3.05, 3.63) is 73.2 Å². The molecule has 1 atom stereocenters. The van der Waals surface area contributed by atoms with Crippen LogP contribution in [0.5, 0.6) is 11.6 Å². The van der Waals surface area contributed by atoms with Gasteiger partial charge in [0.15, 0.2) is 6.10 Å². The second-order valence-corrected chi connectivity index (χ2v) is 9.95. The van der Waals surface area contributed by atoms with Crippen LogP contribution in [0.4, 0.5) is 27.4 Å². The Morgan fingerprint density at radius 2 is 1.84 bits per heavy atom. The number of aliphatic hydroxyl groups is 1. The van der Waals surface area contributed by atoms with Gasteiger partial charge in [0.2, 0.25) is 17.7 Å². The summed E-state index contributed by atoms with van der Waals surface area (Å²) < 4.78 is 21.0. The number of nitrogens with one attached hydrogen (secondary N) is 3. The molecule has 15 heteroatoms. The van der Waals surface area contributed by atoms with Crippen LogP contribution in [0.3, 0.4) is 0 Å². The Morgan fingerprint density at radius 1 is 1.09 bits per heavy atom. The van der Waals surface area contributed by atoms with Gasteiger partial charge in [-0.05, 0) is 49.5 Å². The number of likely N-dealkylation sites (N-methyl/N-ethyl adjacent to an activating group) is 1. The number of aliphatic hydroxyl groups excluding tert-OH is 1. The highest BCUT2D eigenvalue weighted by Gasteiger charge is 2.19. The summed E-state index contributed by atoms with van der Waals surface area (Å²) in [5.41, 5.74) is 2.23. The maximum absolute atomic E-state index is 15.0. The second-order valence-electron chi connectivity index (χ2n) is 9.95. The number of hydrogen-bond acceptors (Lipinski definition) is 10. The molecule has 2 aromatic heterocycles. The predicted molar refractivity (Wildman–Crippen MR) is 165 cm³/mol. The van der Waals surface area contributed by atoms with Gasteiger partial charge < -0.3 is 45.5 Å². The largest absolute Gasteiger partial charge is 0.481 e. The molecular weight excluding hydrogens is 589 g/mol. The molecule has 3 heterocycles. The predicted octanol–water partition coefficient (Wildman–Crippen LogP) is 3.42. The van der Waals surface area contributed by atoms with Crippen LogP contribution in [0.15, 0.2) is 67.4 Å². The Hall–Kier alpha value is -5.54. The summed E-state index contributed by atoms with van der Waals surface area (Å²) in [6.45, 7) is 6.82. The maximum atomic E-state index is 15.0. The lowest BCUT2D eigenvalue weighted by molar-refractivity contribution is -0.152. The van der Waals surface area contributed by atoms with Gasteiger partial charge in [-0.3, -0.25) is 9.59 Å². The van der Waals surface area contributed by atoms with Crippen molar-refractivity contribution in [2.75, 3.05) is 48.8 Å². The van der Waals surface area contributed by atoms with Gasteiger partial charge in [-0.1, -0.05) is 12.6 Å². The first-order chi connectivity index (χ1) is 21.5. The number of amides is 1. The highest BCUT2D eigenvalue weighted by Crippen LogP contribution is 2.31. The number of nitrogens with zero attached hydrogens (tertiary/aromatic N) is 4. The molecule has 0 radical (unpaired) electrons. The number of carboxylic acid groups (broad SMARTS) is 2. The first-order valence-corrected chi connectivity index (χ1v) is 13.7. The fourth-order valence-corrected chi connectivity index (χ4v) is 4.26. The molecule has 4 aromatic rings. The monoisotopic (exact) mass is 621 g/mol. The first kappa shape index (κ1) is 32.4. The highest BCUT2D eigenvalue weighted by molar-refractivity contribution is 5.99. The van der Waals surface area contributed by atoms with E-state index in [0.717, 1.165) is 26.2 Å². The molecule has 6 N–H and O–H groups in total. The summed E-state index contributed by atoms with van der Waals surface area (Å²) in [4.78, 5) is 47.4. The van der Waals surface area contributed by atoms with E-state index >= 15 is 0 Å². The molecule has 1 aliphatic heterocycles. The van der Waals surface area contributed by atoms with Crippen LogP contribution in [0.1, 0.15) is 6.42 Å². The van der Waals surface area contributed by atoms with Crippen molar-refractivity contribution >= 4 is 51.9 Å². The number of anilines is 4. The average molecular weight is 622 g/mol. The number of H-pyrrole nitrogens is 1. The van der Waals surface area contributed by atoms with Crippen LogP contribution in [0.2, 0.25) is 0 Å². The van der Waals surface area contributed by atoms with Crippen molar-refractivity contribution in [3.63, 3.8) is 0 Å². The molecule has 45 heavy (non-hydrogen) atoms. The Kier molecular flexibility index (Phi) is 10.6. The lowest BCUT2D eigenvalue weighted by Crippen LogP contribution is -2.44. The number of aromatic amines is 1. The van der Waals surface area contributed by atoms with Crippen molar-refractivity contribution in [1.82, 2.24) is 19.9 Å². The smallest absolute Gasteiger partial charge is 0.333 e. The Labute approximate surface area is 256 Å². The lowest BCUT2D eigenvalue weighted by atomic mass is 10.2. The fraction of sp³-hybridized carbons (Fsp3) is 0.233. The number of piperazine rings is 1. The zero-order valence-electron chi connectivity index (χ0n) is 24.2. The summed E-state index contributed by atoms with van der Waals surface area (Å²) in [5.74, 6) is -2.43. The third-order valence-corrected chi connectivity index (χ3v) is 6.58. The van der Waals surface area contributed by atoms with Crippen LogP contribution in [0, 0.1) is 5.82 Å². The standard InChI is InChI=1S/C26H26FN7O2.C4H6O5/c1-3-23(35)29-17-5-4-6-19(15-17)36-25-20-9-10-28-24(20)31-26(32-25)30-18-7-8-22(21(27)16-18)34-13-11-33(2)12-14-34;5-2(4(8)9)1-3(6)7/h3-10,15-16H,1,11-14H2,2H3,(H,29,35)(H2,28,30,31,32);2,5H,1H2,(H,6,7)(H,8,9). The van der Waals surface area contributed by atoms with Gasteiger partial charge in [0.1, 0.15) is 17.2 Å². The summed E-state index contributed by atoms with van der Waals surface area (Å²) in [5, 5.41) is 30.6. The molecule has 0 aliphatic carbocycles. The average Bonchev–Trinajstić information content (AvgIpc) is 3.47. The number of carboxylic acids is 2. The van der Waals surface area contributed by atoms with E-state index in [1.54, 1.807) is 36.5 Å². The number of aliphatic carboxylic acids is 2. The third-order valence-electron chi connectivity index (χ3n) is 6.58. The summed E-state index contributed by atoms with van der Waals surface area (Å²) in [6, 6.07) is 13.8. The van der Waals surface area contributed by atoms with Gasteiger partial charge >= 0.3 is 11.9 Å². The minimum atomic E-state index is -1.79. The zero-order valence-corrected chi connectivity index (χ0v) is 24.2. The topological polar surface area (TPSA) is 193 Å². The van der Waals surface area contributed by atoms with Crippen LogP contribution in [0.25, 0.3) is 11.0 Å². The van der Waals surface area contributed by atoms with E-state index in [9.17, 15) is 18.8 Å². The van der Waals surface area contributed by atoms with Gasteiger partial charge in [-0.15, -0.1) is 0 Å². The molecule has 0 spiro atoms. The molecule has 1 amide bonds. The number of ether oxygens (including phenoxy) is 1. The number of fused-ring (bicyclic) bond motifs is 1. The van der Waals surface area contributed by atoms with E-state index in [0.29, 0.717) is 39.7 Å². The number of hydrogen-bond donors (Lipinski definition) is 6. The second kappa shape index (κ2) is 14.8. The van der Waals surface area contributed by atoms with E-state index in [1.807, 2.05) is 12.1 Å². The van der Waals surface area contributed by atoms with Crippen LogP contribution in [-0.2, 0) is 14.4 Å². The Bertz CT molecular complexity index is 1690. The van der Waals surface area contributed by atoms with Crippen molar-refractivity contribution in [2.24, 2.45) is 0 Å². The molecular formula is C30H32FN7O7. The molecule has 1 saturated heterocycles. The molecule has 1 unspecified atom stereocenters. The number of benzene rings is 2. The van der Waals surface area contributed by atoms with Crippen molar-refractivity contribution in [3.8, 4) is 11.6 Å². The normalized spacial score (nSPS) is 13.7. The van der Waals surface area contributed by atoms with E-state index in [4.69, 9.17) is 20.1 Å². The van der Waals surface area contributed by atoms with Crippen molar-refractivity contribution in [2.45, 2.75) is 12.5 Å².